The van der Waals surface area contributed by atoms with Crippen molar-refractivity contribution >= 4 is 5.91 Å². The molecule has 1 atom stereocenters. The Labute approximate surface area is 108 Å². The maximum Gasteiger partial charge on any atom is 0.225 e. The van der Waals surface area contributed by atoms with Crippen LogP contribution in [0.4, 0.5) is 0 Å². The van der Waals surface area contributed by atoms with Gasteiger partial charge in [-0.3, -0.25) is 9.78 Å². The molecule has 1 saturated heterocycles. The van der Waals surface area contributed by atoms with Crippen LogP contribution in [0.15, 0.2) is 24.5 Å². The zero-order valence-corrected chi connectivity index (χ0v) is 11.0. The van der Waals surface area contributed by atoms with Crippen molar-refractivity contribution in [1.82, 2.24) is 15.6 Å². The van der Waals surface area contributed by atoms with Crippen molar-refractivity contribution in [3.63, 3.8) is 0 Å². The number of pyridine rings is 1. The van der Waals surface area contributed by atoms with E-state index >= 15 is 0 Å². The van der Waals surface area contributed by atoms with Gasteiger partial charge in [-0.2, -0.15) is 0 Å². The Morgan fingerprint density at radius 3 is 2.83 bits per heavy atom. The van der Waals surface area contributed by atoms with Crippen LogP contribution in [0.25, 0.3) is 0 Å². The molecule has 0 aromatic carbocycles. The second-order valence-corrected chi connectivity index (χ2v) is 5.24. The molecular formula is C14H21N3O. The summed E-state index contributed by atoms with van der Waals surface area (Å²) in [7, 11) is 0. The van der Waals surface area contributed by atoms with Crippen LogP contribution in [-0.4, -0.2) is 30.5 Å². The van der Waals surface area contributed by atoms with E-state index in [0.717, 1.165) is 13.1 Å². The van der Waals surface area contributed by atoms with E-state index in [-0.39, 0.29) is 11.8 Å². The molecule has 0 bridgehead atoms. The Balaban J connectivity index is 1.92. The Morgan fingerprint density at radius 1 is 1.56 bits per heavy atom. The molecule has 0 aliphatic carbocycles. The molecule has 2 rings (SSSR count). The molecule has 1 aromatic rings. The van der Waals surface area contributed by atoms with E-state index in [2.05, 4.69) is 35.5 Å². The van der Waals surface area contributed by atoms with E-state index in [1.54, 1.807) is 6.20 Å². The SMILES string of the molecule is CC(C)C(CNC(=O)C1CNC1)c1cccnc1. The first-order valence-corrected chi connectivity index (χ1v) is 6.57. The van der Waals surface area contributed by atoms with Crippen molar-refractivity contribution < 1.29 is 4.79 Å². The first-order chi connectivity index (χ1) is 8.68. The molecule has 2 heterocycles. The third-order valence-electron chi connectivity index (χ3n) is 3.57. The molecule has 1 unspecified atom stereocenters. The zero-order chi connectivity index (χ0) is 13.0. The second-order valence-electron chi connectivity index (χ2n) is 5.24. The number of nitrogens with zero attached hydrogens (tertiary/aromatic N) is 1. The third-order valence-corrected chi connectivity index (χ3v) is 3.57. The Bertz CT molecular complexity index is 387. The predicted octanol–water partition coefficient (Wildman–Crippen LogP) is 1.16. The maximum absolute atomic E-state index is 11.8. The van der Waals surface area contributed by atoms with Crippen LogP contribution in [0.5, 0.6) is 0 Å². The Morgan fingerprint density at radius 2 is 2.33 bits per heavy atom. The summed E-state index contributed by atoms with van der Waals surface area (Å²) < 4.78 is 0. The molecule has 98 valence electrons. The Kier molecular flexibility index (Phi) is 4.31. The van der Waals surface area contributed by atoms with Crippen LogP contribution in [0.1, 0.15) is 25.3 Å². The van der Waals surface area contributed by atoms with Gasteiger partial charge in [-0.05, 0) is 17.5 Å². The summed E-state index contributed by atoms with van der Waals surface area (Å²) in [5.74, 6) is 1.14. The normalized spacial score (nSPS) is 17.3. The quantitative estimate of drug-likeness (QED) is 0.821. The van der Waals surface area contributed by atoms with Crippen LogP contribution in [0.3, 0.4) is 0 Å². The zero-order valence-electron chi connectivity index (χ0n) is 11.0. The summed E-state index contributed by atoms with van der Waals surface area (Å²) in [6, 6.07) is 4.02. The van der Waals surface area contributed by atoms with E-state index in [4.69, 9.17) is 0 Å². The molecule has 1 fully saturated rings. The number of hydrogen-bond acceptors (Lipinski definition) is 3. The van der Waals surface area contributed by atoms with Crippen LogP contribution < -0.4 is 10.6 Å². The summed E-state index contributed by atoms with van der Waals surface area (Å²) >= 11 is 0. The van der Waals surface area contributed by atoms with Crippen molar-refractivity contribution in [3.8, 4) is 0 Å². The number of carbonyl (C=O) groups is 1. The molecule has 1 amide bonds. The van der Waals surface area contributed by atoms with Gasteiger partial charge in [-0.15, -0.1) is 0 Å². The first kappa shape index (κ1) is 13.0. The van der Waals surface area contributed by atoms with Crippen LogP contribution in [0.2, 0.25) is 0 Å². The minimum absolute atomic E-state index is 0.159. The molecule has 18 heavy (non-hydrogen) atoms. The monoisotopic (exact) mass is 247 g/mol. The van der Waals surface area contributed by atoms with Gasteiger partial charge in [-0.1, -0.05) is 19.9 Å². The standard InChI is InChI=1S/C14H21N3O/c1-10(2)13(11-4-3-5-15-6-11)9-17-14(18)12-7-16-8-12/h3-6,10,12-13,16H,7-9H2,1-2H3,(H,17,18). The lowest BCUT2D eigenvalue weighted by Gasteiger charge is -2.28. The fourth-order valence-corrected chi connectivity index (χ4v) is 2.16. The van der Waals surface area contributed by atoms with E-state index in [9.17, 15) is 4.79 Å². The fourth-order valence-electron chi connectivity index (χ4n) is 2.16. The lowest BCUT2D eigenvalue weighted by molar-refractivity contribution is -0.126. The van der Waals surface area contributed by atoms with Gasteiger partial charge in [0.2, 0.25) is 5.91 Å². The third kappa shape index (κ3) is 3.07. The lowest BCUT2D eigenvalue weighted by atomic mass is 9.89. The van der Waals surface area contributed by atoms with Crippen molar-refractivity contribution in [1.29, 1.82) is 0 Å². The molecule has 2 N–H and O–H groups in total. The summed E-state index contributed by atoms with van der Waals surface area (Å²) in [4.78, 5) is 16.0. The van der Waals surface area contributed by atoms with E-state index in [1.807, 2.05) is 12.3 Å². The molecule has 0 radical (unpaired) electrons. The summed E-state index contributed by atoms with van der Waals surface area (Å²) in [6.45, 7) is 6.66. The van der Waals surface area contributed by atoms with Gasteiger partial charge in [-0.25, -0.2) is 0 Å². The largest absolute Gasteiger partial charge is 0.355 e. The smallest absolute Gasteiger partial charge is 0.225 e. The molecular weight excluding hydrogens is 226 g/mol. The highest BCUT2D eigenvalue weighted by molar-refractivity contribution is 5.80. The van der Waals surface area contributed by atoms with Crippen LogP contribution in [0, 0.1) is 11.8 Å². The number of amides is 1. The highest BCUT2D eigenvalue weighted by Gasteiger charge is 2.25. The molecule has 0 spiro atoms. The van der Waals surface area contributed by atoms with Gasteiger partial charge in [0.15, 0.2) is 0 Å². The van der Waals surface area contributed by atoms with Gasteiger partial charge >= 0.3 is 0 Å². The highest BCUT2D eigenvalue weighted by Crippen LogP contribution is 2.22. The molecule has 4 nitrogen and oxygen atoms in total. The van der Waals surface area contributed by atoms with Crippen molar-refractivity contribution in [2.75, 3.05) is 19.6 Å². The topological polar surface area (TPSA) is 54.0 Å². The summed E-state index contributed by atoms with van der Waals surface area (Å²) in [5.41, 5.74) is 1.19. The van der Waals surface area contributed by atoms with Gasteiger partial charge in [0.1, 0.15) is 0 Å². The van der Waals surface area contributed by atoms with Gasteiger partial charge in [0, 0.05) is 37.9 Å². The van der Waals surface area contributed by atoms with Crippen molar-refractivity contribution in [2.24, 2.45) is 11.8 Å². The first-order valence-electron chi connectivity index (χ1n) is 6.57. The van der Waals surface area contributed by atoms with Crippen LogP contribution >= 0.6 is 0 Å². The maximum atomic E-state index is 11.8. The average molecular weight is 247 g/mol. The minimum atomic E-state index is 0.159. The number of carbonyl (C=O) groups excluding carboxylic acids is 1. The van der Waals surface area contributed by atoms with Gasteiger partial charge < -0.3 is 10.6 Å². The fraction of sp³-hybridized carbons (Fsp3) is 0.571. The number of aromatic nitrogens is 1. The van der Waals surface area contributed by atoms with E-state index in [0.29, 0.717) is 18.4 Å². The molecule has 0 saturated carbocycles. The van der Waals surface area contributed by atoms with Gasteiger partial charge in [0.05, 0.1) is 5.92 Å². The van der Waals surface area contributed by atoms with E-state index < -0.39 is 0 Å². The number of rotatable bonds is 5. The average Bonchev–Trinajstić information content (AvgIpc) is 2.28. The molecule has 4 heteroatoms. The van der Waals surface area contributed by atoms with E-state index in [1.165, 1.54) is 5.56 Å². The molecule has 1 aliphatic rings. The molecule has 1 aromatic heterocycles. The van der Waals surface area contributed by atoms with Crippen molar-refractivity contribution in [2.45, 2.75) is 19.8 Å². The van der Waals surface area contributed by atoms with Crippen LogP contribution in [-0.2, 0) is 4.79 Å². The number of nitrogens with one attached hydrogen (secondary N) is 2. The van der Waals surface area contributed by atoms with Crippen molar-refractivity contribution in [3.05, 3.63) is 30.1 Å². The van der Waals surface area contributed by atoms with Gasteiger partial charge in [0.25, 0.3) is 0 Å². The Hall–Kier alpha value is -1.42. The lowest BCUT2D eigenvalue weighted by Crippen LogP contribution is -2.51. The molecule has 1 aliphatic heterocycles. The summed E-state index contributed by atoms with van der Waals surface area (Å²) in [5, 5.41) is 6.17. The predicted molar refractivity (Wildman–Crippen MR) is 71.2 cm³/mol. The number of hydrogen-bond donors (Lipinski definition) is 2. The highest BCUT2D eigenvalue weighted by atomic mass is 16.2. The second kappa shape index (κ2) is 5.96. The summed E-state index contributed by atoms with van der Waals surface area (Å²) in [6.07, 6.45) is 3.67. The minimum Gasteiger partial charge on any atom is -0.355 e.